The Balaban J connectivity index is 0.893. The normalized spacial score (nSPS) is 15.1. The third-order valence-corrected chi connectivity index (χ3v) is 14.4. The summed E-state index contributed by atoms with van der Waals surface area (Å²) in [6.45, 7) is 8.96. The number of carbonyl (C=O) groups excluding carboxylic acids is 2. The maximum Gasteiger partial charge on any atom is 0.408 e. The zero-order valence-corrected chi connectivity index (χ0v) is 41.0. The van der Waals surface area contributed by atoms with Gasteiger partial charge >= 0.3 is 6.09 Å². The van der Waals surface area contributed by atoms with Crippen molar-refractivity contribution >= 4 is 47.0 Å². The number of thioether (sulfide) groups is 1. The van der Waals surface area contributed by atoms with Gasteiger partial charge < -0.3 is 29.3 Å². The summed E-state index contributed by atoms with van der Waals surface area (Å²) in [6.07, 6.45) is 1.69. The van der Waals surface area contributed by atoms with Crippen LogP contribution in [0.5, 0.6) is 11.5 Å². The standard InChI is InChI=1S/C56H60Cl2N4O5S/c1-2-68-52-24-22-48(65-38-41-13-6-3-7-14-41)36-46(52)37-61-31-33-62(34-32-61)55(63)54(59-56(64)67-40-43-17-10-5-11-18-43)44-25-28-60(29-26-44)30-27-45-35-47(57)21-23-49(45)50-19-12-20-51(53(50)58)66-39-42-15-8-4-9-16-42/h3-24,35-36,44,54H,2,25-34,37-40H2,1H3,(H,59,64)/t54-/m1/s1. The van der Waals surface area contributed by atoms with Gasteiger partial charge in [0, 0.05) is 54.8 Å². The molecule has 0 radical (unpaired) electrons. The average Bonchev–Trinajstić information content (AvgIpc) is 3.38. The fourth-order valence-electron chi connectivity index (χ4n) is 9.03. The molecule has 6 aromatic carbocycles. The molecule has 2 aliphatic heterocycles. The fraction of sp³-hybridized carbons (Fsp3) is 0.321. The SMILES string of the molecule is CCSc1ccc(OCc2ccccc2)cc1CN1CCN(C(=O)[C@H](NC(=O)OCc2ccccc2)C2CCN(CCc3cc(Cl)ccc3-c3cccc(OCc4ccccc4)c3Cl)CC2)CC1. The molecule has 2 saturated heterocycles. The Hall–Kier alpha value is -5.49. The summed E-state index contributed by atoms with van der Waals surface area (Å²) in [5, 5.41) is 4.28. The van der Waals surface area contributed by atoms with Gasteiger partial charge in [-0.3, -0.25) is 9.69 Å². The Labute approximate surface area is 415 Å². The first-order valence-corrected chi connectivity index (χ1v) is 25.4. The summed E-state index contributed by atoms with van der Waals surface area (Å²) in [6, 6.07) is 47.4. The number of carbonyl (C=O) groups is 2. The van der Waals surface area contributed by atoms with E-state index >= 15 is 0 Å². The van der Waals surface area contributed by atoms with E-state index in [1.54, 1.807) is 0 Å². The smallest absolute Gasteiger partial charge is 0.408 e. The van der Waals surface area contributed by atoms with Crippen LogP contribution in [0.1, 0.15) is 47.6 Å². The van der Waals surface area contributed by atoms with Crippen molar-refractivity contribution in [2.45, 2.75) is 63.5 Å². The van der Waals surface area contributed by atoms with E-state index in [1.807, 2.05) is 132 Å². The number of hydrogen-bond donors (Lipinski definition) is 1. The largest absolute Gasteiger partial charge is 0.489 e. The minimum Gasteiger partial charge on any atom is -0.489 e. The first kappa shape index (κ1) is 48.9. The molecular weight excluding hydrogens is 912 g/mol. The number of nitrogens with one attached hydrogen (secondary N) is 1. The molecule has 9 nitrogen and oxygen atoms in total. The quantitative estimate of drug-likeness (QED) is 0.0804. The summed E-state index contributed by atoms with van der Waals surface area (Å²) >= 11 is 15.5. The number of hydrogen-bond acceptors (Lipinski definition) is 8. The molecule has 354 valence electrons. The second kappa shape index (κ2) is 24.7. The minimum absolute atomic E-state index is 0.0475. The van der Waals surface area contributed by atoms with E-state index in [9.17, 15) is 9.59 Å². The molecule has 2 fully saturated rings. The molecule has 12 heteroatoms. The van der Waals surface area contributed by atoms with Crippen LogP contribution in [0.3, 0.4) is 0 Å². The van der Waals surface area contributed by atoms with Crippen LogP contribution in [0.25, 0.3) is 11.1 Å². The van der Waals surface area contributed by atoms with Crippen LogP contribution in [0, 0.1) is 5.92 Å². The van der Waals surface area contributed by atoms with Crippen molar-refractivity contribution in [1.29, 1.82) is 0 Å². The molecule has 68 heavy (non-hydrogen) atoms. The van der Waals surface area contributed by atoms with Gasteiger partial charge in [0.2, 0.25) is 5.91 Å². The van der Waals surface area contributed by atoms with Crippen molar-refractivity contribution in [1.82, 2.24) is 20.0 Å². The van der Waals surface area contributed by atoms with E-state index in [2.05, 4.69) is 52.4 Å². The zero-order chi connectivity index (χ0) is 47.1. The number of rotatable bonds is 19. The number of amides is 2. The number of piperazine rings is 1. The highest BCUT2D eigenvalue weighted by Crippen LogP contribution is 2.38. The van der Waals surface area contributed by atoms with E-state index in [4.69, 9.17) is 37.4 Å². The van der Waals surface area contributed by atoms with Crippen molar-refractivity contribution < 1.29 is 23.8 Å². The van der Waals surface area contributed by atoms with E-state index in [0.29, 0.717) is 42.1 Å². The van der Waals surface area contributed by atoms with Crippen molar-refractivity contribution in [3.63, 3.8) is 0 Å². The average molecular weight is 972 g/mol. The van der Waals surface area contributed by atoms with Crippen molar-refractivity contribution in [3.8, 4) is 22.6 Å². The number of halogens is 2. The molecule has 6 aromatic rings. The maximum absolute atomic E-state index is 14.6. The Kier molecular flexibility index (Phi) is 17.8. The van der Waals surface area contributed by atoms with Crippen molar-refractivity contribution in [2.75, 3.05) is 51.6 Å². The van der Waals surface area contributed by atoms with E-state index < -0.39 is 12.1 Å². The highest BCUT2D eigenvalue weighted by Gasteiger charge is 2.37. The number of likely N-dealkylation sites (tertiary alicyclic amines) is 1. The third-order valence-electron chi connectivity index (χ3n) is 12.8. The zero-order valence-electron chi connectivity index (χ0n) is 38.7. The summed E-state index contributed by atoms with van der Waals surface area (Å²) < 4.78 is 18.1. The predicted octanol–water partition coefficient (Wildman–Crippen LogP) is 11.8. The number of ether oxygens (including phenoxy) is 3. The van der Waals surface area contributed by atoms with Crippen LogP contribution in [0.2, 0.25) is 10.0 Å². The van der Waals surface area contributed by atoms with Crippen LogP contribution in [0.4, 0.5) is 4.79 Å². The van der Waals surface area contributed by atoms with Gasteiger partial charge in [0.1, 0.15) is 37.4 Å². The molecule has 2 heterocycles. The van der Waals surface area contributed by atoms with Crippen LogP contribution in [0.15, 0.2) is 150 Å². The molecule has 1 N–H and O–H groups in total. The minimum atomic E-state index is -0.698. The second-order valence-electron chi connectivity index (χ2n) is 17.4. The highest BCUT2D eigenvalue weighted by molar-refractivity contribution is 7.99. The summed E-state index contributed by atoms with van der Waals surface area (Å²) in [7, 11) is 0. The van der Waals surface area contributed by atoms with Gasteiger partial charge in [0.25, 0.3) is 0 Å². The Morgan fingerprint density at radius 1 is 0.662 bits per heavy atom. The van der Waals surface area contributed by atoms with E-state index in [-0.39, 0.29) is 18.4 Å². The predicted molar refractivity (Wildman–Crippen MR) is 275 cm³/mol. The number of alkyl carbamates (subject to hydrolysis) is 1. The van der Waals surface area contributed by atoms with Gasteiger partial charge in [-0.05, 0) is 114 Å². The number of piperidine rings is 1. The number of benzene rings is 6. The lowest BCUT2D eigenvalue weighted by molar-refractivity contribution is -0.137. The topological polar surface area (TPSA) is 83.6 Å². The molecule has 0 aromatic heterocycles. The third kappa shape index (κ3) is 13.6. The lowest BCUT2D eigenvalue weighted by Crippen LogP contribution is -2.58. The molecule has 2 aliphatic rings. The van der Waals surface area contributed by atoms with E-state index in [1.165, 1.54) is 10.5 Å². The molecule has 8 rings (SSSR count). The lowest BCUT2D eigenvalue weighted by Gasteiger charge is -2.40. The fourth-order valence-corrected chi connectivity index (χ4v) is 10.3. The summed E-state index contributed by atoms with van der Waals surface area (Å²) in [5.41, 5.74) is 7.32. The van der Waals surface area contributed by atoms with Crippen LogP contribution >= 0.6 is 35.0 Å². The van der Waals surface area contributed by atoms with Crippen LogP contribution in [-0.4, -0.2) is 84.3 Å². The van der Waals surface area contributed by atoms with Gasteiger partial charge in [-0.25, -0.2) is 4.79 Å². The summed E-state index contributed by atoms with van der Waals surface area (Å²) in [5.74, 6) is 2.36. The molecule has 0 aliphatic carbocycles. The lowest BCUT2D eigenvalue weighted by atomic mass is 9.88. The summed E-state index contributed by atoms with van der Waals surface area (Å²) in [4.78, 5) is 36.0. The second-order valence-corrected chi connectivity index (χ2v) is 19.5. The highest BCUT2D eigenvalue weighted by atomic mass is 35.5. The van der Waals surface area contributed by atoms with E-state index in [0.717, 1.165) is 103 Å². The maximum atomic E-state index is 14.6. The van der Waals surface area contributed by atoms with Gasteiger partial charge in [0.15, 0.2) is 0 Å². The van der Waals surface area contributed by atoms with Crippen LogP contribution < -0.4 is 14.8 Å². The van der Waals surface area contributed by atoms with Crippen LogP contribution in [-0.2, 0) is 42.3 Å². The Morgan fingerprint density at radius 3 is 1.97 bits per heavy atom. The first-order valence-electron chi connectivity index (χ1n) is 23.7. The van der Waals surface area contributed by atoms with Crippen molar-refractivity contribution in [2.24, 2.45) is 5.92 Å². The van der Waals surface area contributed by atoms with Gasteiger partial charge in [-0.1, -0.05) is 139 Å². The van der Waals surface area contributed by atoms with Gasteiger partial charge in [-0.15, -0.1) is 11.8 Å². The molecular formula is C56H60Cl2N4O5S. The molecule has 0 spiro atoms. The molecule has 0 unspecified atom stereocenters. The molecule has 1 atom stereocenters. The molecule has 0 saturated carbocycles. The molecule has 2 amide bonds. The first-order chi connectivity index (χ1) is 33.3. The Bertz CT molecular complexity index is 2560. The monoisotopic (exact) mass is 970 g/mol. The number of nitrogens with zero attached hydrogens (tertiary/aromatic N) is 3. The van der Waals surface area contributed by atoms with Crippen molar-refractivity contribution in [3.05, 3.63) is 183 Å². The van der Waals surface area contributed by atoms with Gasteiger partial charge in [0.05, 0.1) is 5.02 Å². The van der Waals surface area contributed by atoms with Gasteiger partial charge in [-0.2, -0.15) is 0 Å². The Morgan fingerprint density at radius 2 is 1.31 bits per heavy atom. The molecule has 0 bridgehead atoms.